The fraction of sp³-hybridized carbons (Fsp3) is 0.200. The van der Waals surface area contributed by atoms with E-state index in [0.717, 1.165) is 17.4 Å². The number of nitrogens with zero attached hydrogens (tertiary/aromatic N) is 2. The van der Waals surface area contributed by atoms with E-state index in [1.54, 1.807) is 36.0 Å². The van der Waals surface area contributed by atoms with E-state index in [1.807, 2.05) is 18.3 Å². The molecule has 0 bridgehead atoms. The lowest BCUT2D eigenvalue weighted by Gasteiger charge is -2.04. The Bertz CT molecular complexity index is 680. The third kappa shape index (κ3) is 3.29. The van der Waals surface area contributed by atoms with E-state index in [1.165, 1.54) is 10.6 Å². The van der Waals surface area contributed by atoms with Crippen molar-refractivity contribution in [3.63, 3.8) is 0 Å². The van der Waals surface area contributed by atoms with Crippen LogP contribution in [-0.2, 0) is 11.3 Å². The molecule has 3 aromatic heterocycles. The van der Waals surface area contributed by atoms with Gasteiger partial charge in [0.1, 0.15) is 12.2 Å². The number of rotatable bonds is 6. The van der Waals surface area contributed by atoms with Gasteiger partial charge in [0.05, 0.1) is 17.7 Å². The van der Waals surface area contributed by atoms with Gasteiger partial charge in [-0.15, -0.1) is 11.3 Å². The molecule has 0 aliphatic heterocycles. The van der Waals surface area contributed by atoms with Crippen LogP contribution in [0.5, 0.6) is 0 Å². The van der Waals surface area contributed by atoms with Crippen molar-refractivity contribution in [3.05, 3.63) is 47.4 Å². The van der Waals surface area contributed by atoms with Crippen LogP contribution in [0.2, 0.25) is 0 Å². The zero-order valence-electron chi connectivity index (χ0n) is 11.7. The van der Waals surface area contributed by atoms with Crippen molar-refractivity contribution in [3.8, 4) is 10.6 Å². The molecule has 0 fully saturated rings. The van der Waals surface area contributed by atoms with Crippen LogP contribution in [0.25, 0.3) is 10.6 Å². The molecule has 0 unspecified atom stereocenters. The van der Waals surface area contributed by atoms with Crippen LogP contribution in [0, 0.1) is 0 Å². The second-order valence-electron chi connectivity index (χ2n) is 4.41. The van der Waals surface area contributed by atoms with Crippen LogP contribution >= 0.6 is 22.7 Å². The van der Waals surface area contributed by atoms with Gasteiger partial charge in [-0.3, -0.25) is 4.98 Å². The number of hydrogen-bond acceptors (Lipinski definition) is 5. The summed E-state index contributed by atoms with van der Waals surface area (Å²) in [5, 5.41) is 8.80. The van der Waals surface area contributed by atoms with Gasteiger partial charge in [-0.25, -0.2) is 9.88 Å². The fourth-order valence-corrected chi connectivity index (χ4v) is 3.82. The minimum absolute atomic E-state index is 0.682. The number of nitrogens with one attached hydrogen (secondary N) is 1. The summed E-state index contributed by atoms with van der Waals surface area (Å²) >= 11 is 3.44. The third-order valence-electron chi connectivity index (χ3n) is 3.02. The van der Waals surface area contributed by atoms with Gasteiger partial charge in [-0.1, -0.05) is 17.4 Å². The van der Waals surface area contributed by atoms with Gasteiger partial charge in [0.2, 0.25) is 0 Å². The zero-order valence-corrected chi connectivity index (χ0v) is 13.3. The van der Waals surface area contributed by atoms with Crippen molar-refractivity contribution in [1.82, 2.24) is 4.98 Å². The summed E-state index contributed by atoms with van der Waals surface area (Å²) in [5.74, 6) is 0. The third-order valence-corrected chi connectivity index (χ3v) is 4.80. The molecule has 3 aromatic rings. The minimum Gasteiger partial charge on any atom is -0.381 e. The highest BCUT2D eigenvalue weighted by molar-refractivity contribution is 7.15. The van der Waals surface area contributed by atoms with Crippen molar-refractivity contribution in [2.24, 2.45) is 0 Å². The maximum Gasteiger partial charge on any atom is 0.339 e. The summed E-state index contributed by atoms with van der Waals surface area (Å²) in [7, 11) is 1.73. The standard InChI is InChI=1S/C15H15N3OS2/c1-19-8-7-18-13(14-5-3-9-20-14)11-21-15(18)17-12-4-2-6-16-10-12/h2-6,9-11H,7-8H2,1H3/p+1. The van der Waals surface area contributed by atoms with Gasteiger partial charge in [0.15, 0.2) is 5.69 Å². The molecule has 0 amide bonds. The smallest absolute Gasteiger partial charge is 0.339 e. The largest absolute Gasteiger partial charge is 0.381 e. The molecule has 108 valence electrons. The first-order valence-electron chi connectivity index (χ1n) is 6.59. The van der Waals surface area contributed by atoms with Crippen molar-refractivity contribution in [2.45, 2.75) is 6.54 Å². The Balaban J connectivity index is 1.92. The molecule has 0 saturated carbocycles. The summed E-state index contributed by atoms with van der Waals surface area (Å²) in [6.45, 7) is 1.50. The molecule has 3 heterocycles. The van der Waals surface area contributed by atoms with Gasteiger partial charge in [-0.2, -0.15) is 0 Å². The molecular formula is C15H16N3OS2+. The Labute approximate surface area is 131 Å². The fourth-order valence-electron chi connectivity index (χ4n) is 2.03. The lowest BCUT2D eigenvalue weighted by Crippen LogP contribution is -2.38. The minimum atomic E-state index is 0.682. The molecule has 0 spiro atoms. The van der Waals surface area contributed by atoms with E-state index in [9.17, 15) is 0 Å². The van der Waals surface area contributed by atoms with Gasteiger partial charge in [-0.05, 0) is 23.6 Å². The predicted molar refractivity (Wildman–Crippen MR) is 87.2 cm³/mol. The summed E-state index contributed by atoms with van der Waals surface area (Å²) in [4.78, 5) is 5.40. The molecule has 4 nitrogen and oxygen atoms in total. The highest BCUT2D eigenvalue weighted by atomic mass is 32.1. The van der Waals surface area contributed by atoms with E-state index in [-0.39, 0.29) is 0 Å². The molecule has 0 aliphatic rings. The van der Waals surface area contributed by atoms with Gasteiger partial charge >= 0.3 is 5.13 Å². The number of thiophene rings is 1. The maximum atomic E-state index is 5.24. The average Bonchev–Trinajstić information content (AvgIpc) is 3.16. The van der Waals surface area contributed by atoms with Gasteiger partial charge < -0.3 is 4.74 Å². The molecule has 21 heavy (non-hydrogen) atoms. The normalized spacial score (nSPS) is 10.7. The van der Waals surface area contributed by atoms with E-state index in [2.05, 4.69) is 37.8 Å². The second-order valence-corrected chi connectivity index (χ2v) is 6.22. The number of aromatic nitrogens is 2. The lowest BCUT2D eigenvalue weighted by molar-refractivity contribution is -0.669. The number of anilines is 2. The summed E-state index contributed by atoms with van der Waals surface area (Å²) in [6.07, 6.45) is 3.60. The van der Waals surface area contributed by atoms with Crippen LogP contribution in [0.1, 0.15) is 0 Å². The van der Waals surface area contributed by atoms with E-state index in [4.69, 9.17) is 4.74 Å². The molecule has 6 heteroatoms. The Morgan fingerprint density at radius 2 is 2.24 bits per heavy atom. The summed E-state index contributed by atoms with van der Waals surface area (Å²) in [6, 6.07) is 8.16. The first-order valence-corrected chi connectivity index (χ1v) is 8.35. The quantitative estimate of drug-likeness (QED) is 0.706. The van der Waals surface area contributed by atoms with Crippen LogP contribution in [0.15, 0.2) is 47.4 Å². The molecule has 0 aliphatic carbocycles. The number of pyridine rings is 1. The second kappa shape index (κ2) is 6.80. The highest BCUT2D eigenvalue weighted by Crippen LogP contribution is 2.28. The van der Waals surface area contributed by atoms with Crippen molar-refractivity contribution < 1.29 is 9.30 Å². The molecular weight excluding hydrogens is 302 g/mol. The Kier molecular flexibility index (Phi) is 4.59. The number of ether oxygens (including phenoxy) is 1. The molecule has 0 radical (unpaired) electrons. The van der Waals surface area contributed by atoms with E-state index >= 15 is 0 Å². The number of hydrogen-bond donors (Lipinski definition) is 1. The number of methoxy groups -OCH3 is 1. The Morgan fingerprint density at radius 1 is 1.29 bits per heavy atom. The maximum absolute atomic E-state index is 5.24. The number of thiazole rings is 1. The van der Waals surface area contributed by atoms with Crippen molar-refractivity contribution >= 4 is 33.5 Å². The van der Waals surface area contributed by atoms with Crippen LogP contribution in [-0.4, -0.2) is 18.7 Å². The topological polar surface area (TPSA) is 38.0 Å². The summed E-state index contributed by atoms with van der Waals surface area (Å²) in [5.41, 5.74) is 2.21. The SMILES string of the molecule is COCC[n+]1c(-c2cccs2)csc1Nc1cccnc1. The summed E-state index contributed by atoms with van der Waals surface area (Å²) < 4.78 is 7.50. The van der Waals surface area contributed by atoms with Gasteiger partial charge in [0, 0.05) is 18.7 Å². The van der Waals surface area contributed by atoms with Gasteiger partial charge in [0.25, 0.3) is 0 Å². The predicted octanol–water partition coefficient (Wildman–Crippen LogP) is 3.55. The van der Waals surface area contributed by atoms with Crippen LogP contribution in [0.3, 0.4) is 0 Å². The molecule has 3 rings (SSSR count). The first kappa shape index (κ1) is 14.2. The van der Waals surface area contributed by atoms with Crippen molar-refractivity contribution in [1.29, 1.82) is 0 Å². The monoisotopic (exact) mass is 318 g/mol. The zero-order chi connectivity index (χ0) is 14.5. The molecule has 0 aromatic carbocycles. The van der Waals surface area contributed by atoms with E-state index < -0.39 is 0 Å². The molecule has 1 N–H and O–H groups in total. The van der Waals surface area contributed by atoms with Crippen LogP contribution in [0.4, 0.5) is 10.8 Å². The van der Waals surface area contributed by atoms with Crippen LogP contribution < -0.4 is 9.88 Å². The lowest BCUT2D eigenvalue weighted by atomic mass is 10.3. The molecule has 0 atom stereocenters. The van der Waals surface area contributed by atoms with Crippen molar-refractivity contribution in [2.75, 3.05) is 19.0 Å². The van der Waals surface area contributed by atoms with E-state index in [0.29, 0.717) is 6.61 Å². The first-order chi connectivity index (χ1) is 10.4. The Hall–Kier alpha value is -1.76. The Morgan fingerprint density at radius 3 is 2.95 bits per heavy atom. The highest BCUT2D eigenvalue weighted by Gasteiger charge is 2.20. The molecule has 0 saturated heterocycles. The average molecular weight is 318 g/mol.